The van der Waals surface area contributed by atoms with Crippen LogP contribution in [0.4, 0.5) is 0 Å². The van der Waals surface area contributed by atoms with Gasteiger partial charge in [0, 0.05) is 6.42 Å². The molecule has 0 aromatic heterocycles. The monoisotopic (exact) mass is 262 g/mol. The minimum Gasteiger partial charge on any atom is -0.481 e. The molecule has 1 unspecified atom stereocenters. The molecule has 0 amide bonds. The van der Waals surface area contributed by atoms with Crippen molar-refractivity contribution in [3.05, 3.63) is 0 Å². The van der Waals surface area contributed by atoms with Crippen molar-refractivity contribution in [1.29, 1.82) is 0 Å². The molecule has 100 valence electrons. The molecule has 0 fully saturated rings. The van der Waals surface area contributed by atoms with E-state index >= 15 is 0 Å². The van der Waals surface area contributed by atoms with E-state index < -0.39 is 26.6 Å². The average Bonchev–Trinajstić information content (AvgIpc) is 2.21. The summed E-state index contributed by atoms with van der Waals surface area (Å²) >= 11 is 0. The van der Waals surface area contributed by atoms with Crippen LogP contribution in [0, 0.1) is 0 Å². The molecule has 5 nitrogen and oxygen atoms in total. The summed E-state index contributed by atoms with van der Waals surface area (Å²) in [6.45, 7) is 5.76. The SMILES string of the molecule is CCCCC(CCC(=O)O)(O[SiH](C)C)C(=O)O. The lowest BCUT2D eigenvalue weighted by Crippen LogP contribution is -2.45. The highest BCUT2D eigenvalue weighted by atomic mass is 28.3. The van der Waals surface area contributed by atoms with Gasteiger partial charge in [-0.05, 0) is 25.9 Å². The molecular formula is C11H22O5Si. The molecule has 0 rings (SSSR count). The molecule has 0 aromatic carbocycles. The van der Waals surface area contributed by atoms with Gasteiger partial charge in [0.05, 0.1) is 0 Å². The fraction of sp³-hybridized carbons (Fsp3) is 0.818. The second-order valence-electron chi connectivity index (χ2n) is 4.46. The summed E-state index contributed by atoms with van der Waals surface area (Å²) in [4.78, 5) is 22.0. The number of unbranched alkanes of at least 4 members (excludes halogenated alkanes) is 1. The normalized spacial score (nSPS) is 14.6. The molecule has 0 radical (unpaired) electrons. The topological polar surface area (TPSA) is 83.8 Å². The molecule has 0 aliphatic rings. The number of carboxylic acids is 2. The van der Waals surface area contributed by atoms with Crippen LogP contribution < -0.4 is 0 Å². The lowest BCUT2D eigenvalue weighted by Gasteiger charge is -2.31. The molecule has 0 bridgehead atoms. The summed E-state index contributed by atoms with van der Waals surface area (Å²) in [5.41, 5.74) is -1.30. The van der Waals surface area contributed by atoms with Crippen molar-refractivity contribution in [3.63, 3.8) is 0 Å². The van der Waals surface area contributed by atoms with Gasteiger partial charge in [0.2, 0.25) is 0 Å². The van der Waals surface area contributed by atoms with Crippen LogP contribution in [0.2, 0.25) is 13.1 Å². The summed E-state index contributed by atoms with van der Waals surface area (Å²) in [7, 11) is -1.53. The van der Waals surface area contributed by atoms with Crippen LogP contribution in [0.5, 0.6) is 0 Å². The Morgan fingerprint density at radius 1 is 1.24 bits per heavy atom. The van der Waals surface area contributed by atoms with Gasteiger partial charge >= 0.3 is 11.9 Å². The zero-order valence-electron chi connectivity index (χ0n) is 10.7. The van der Waals surface area contributed by atoms with Gasteiger partial charge in [-0.25, -0.2) is 4.79 Å². The fourth-order valence-corrected chi connectivity index (χ4v) is 2.97. The van der Waals surface area contributed by atoms with E-state index in [1.165, 1.54) is 0 Å². The smallest absolute Gasteiger partial charge is 0.334 e. The molecular weight excluding hydrogens is 240 g/mol. The maximum Gasteiger partial charge on any atom is 0.334 e. The zero-order valence-corrected chi connectivity index (χ0v) is 11.9. The third-order valence-corrected chi connectivity index (χ3v) is 3.45. The zero-order chi connectivity index (χ0) is 13.5. The van der Waals surface area contributed by atoms with E-state index in [0.717, 1.165) is 12.8 Å². The number of carboxylic acid groups (broad SMARTS) is 2. The second-order valence-corrected chi connectivity index (χ2v) is 6.80. The average molecular weight is 262 g/mol. The molecule has 2 N–H and O–H groups in total. The Balaban J connectivity index is 4.81. The van der Waals surface area contributed by atoms with E-state index in [1.54, 1.807) is 0 Å². The highest BCUT2D eigenvalue weighted by molar-refractivity contribution is 6.48. The summed E-state index contributed by atoms with van der Waals surface area (Å²) in [5.74, 6) is -2.02. The molecule has 0 aromatic rings. The van der Waals surface area contributed by atoms with E-state index in [0.29, 0.717) is 6.42 Å². The first-order chi connectivity index (χ1) is 7.84. The molecule has 0 heterocycles. The van der Waals surface area contributed by atoms with Crippen LogP contribution in [0.25, 0.3) is 0 Å². The van der Waals surface area contributed by atoms with Gasteiger partial charge in [-0.2, -0.15) is 0 Å². The molecule has 0 spiro atoms. The molecule has 0 saturated heterocycles. The Bertz CT molecular complexity index is 267. The van der Waals surface area contributed by atoms with Gasteiger partial charge in [-0.3, -0.25) is 4.79 Å². The Hall–Kier alpha value is -0.883. The van der Waals surface area contributed by atoms with Crippen LogP contribution in [0.3, 0.4) is 0 Å². The largest absolute Gasteiger partial charge is 0.481 e. The van der Waals surface area contributed by atoms with Crippen molar-refractivity contribution < 1.29 is 24.2 Å². The summed E-state index contributed by atoms with van der Waals surface area (Å²) in [6, 6.07) is 0. The Kier molecular flexibility index (Phi) is 7.06. The quantitative estimate of drug-likeness (QED) is 0.620. The maximum absolute atomic E-state index is 11.4. The lowest BCUT2D eigenvalue weighted by molar-refractivity contribution is -0.158. The van der Waals surface area contributed by atoms with E-state index in [1.807, 2.05) is 20.0 Å². The summed E-state index contributed by atoms with van der Waals surface area (Å²) in [6.07, 6.45) is 1.86. The van der Waals surface area contributed by atoms with Gasteiger partial charge < -0.3 is 14.6 Å². The van der Waals surface area contributed by atoms with Crippen LogP contribution in [-0.2, 0) is 14.0 Å². The first-order valence-electron chi connectivity index (χ1n) is 5.97. The molecule has 1 atom stereocenters. The van der Waals surface area contributed by atoms with Crippen molar-refractivity contribution in [3.8, 4) is 0 Å². The van der Waals surface area contributed by atoms with E-state index in [4.69, 9.17) is 9.53 Å². The molecule has 17 heavy (non-hydrogen) atoms. The Morgan fingerprint density at radius 3 is 2.18 bits per heavy atom. The van der Waals surface area contributed by atoms with Crippen molar-refractivity contribution >= 4 is 21.0 Å². The lowest BCUT2D eigenvalue weighted by atomic mass is 9.92. The van der Waals surface area contributed by atoms with Crippen LogP contribution in [-0.4, -0.2) is 36.8 Å². The predicted octanol–water partition coefficient (Wildman–Crippen LogP) is 1.86. The standard InChI is InChI=1S/C11H22O5Si/c1-4-5-7-11(10(14)15,16-17(2)3)8-6-9(12)13/h17H,4-8H2,1-3H3,(H,12,13)(H,14,15). The van der Waals surface area contributed by atoms with Gasteiger partial charge in [0.15, 0.2) is 14.6 Å². The molecule has 0 aliphatic heterocycles. The van der Waals surface area contributed by atoms with E-state index in [-0.39, 0.29) is 12.8 Å². The van der Waals surface area contributed by atoms with Gasteiger partial charge in [-0.15, -0.1) is 0 Å². The Morgan fingerprint density at radius 2 is 1.82 bits per heavy atom. The van der Waals surface area contributed by atoms with Crippen LogP contribution >= 0.6 is 0 Å². The van der Waals surface area contributed by atoms with Crippen molar-refractivity contribution in [2.75, 3.05) is 0 Å². The minimum absolute atomic E-state index is 0.0445. The minimum atomic E-state index is -1.53. The third kappa shape index (κ3) is 5.83. The summed E-state index contributed by atoms with van der Waals surface area (Å²) < 4.78 is 5.63. The maximum atomic E-state index is 11.4. The highest BCUT2D eigenvalue weighted by Crippen LogP contribution is 2.26. The summed E-state index contributed by atoms with van der Waals surface area (Å²) in [5, 5.41) is 18.0. The number of hydrogen-bond acceptors (Lipinski definition) is 3. The van der Waals surface area contributed by atoms with E-state index in [2.05, 4.69) is 0 Å². The number of carbonyl (C=O) groups is 2. The van der Waals surface area contributed by atoms with Gasteiger partial charge in [-0.1, -0.05) is 19.8 Å². The fourth-order valence-electron chi connectivity index (χ4n) is 1.73. The van der Waals surface area contributed by atoms with Crippen LogP contribution in [0.15, 0.2) is 0 Å². The predicted molar refractivity (Wildman–Crippen MR) is 66.7 cm³/mol. The molecule has 0 saturated carbocycles. The van der Waals surface area contributed by atoms with Crippen LogP contribution in [0.1, 0.15) is 39.0 Å². The third-order valence-electron chi connectivity index (χ3n) is 2.53. The molecule has 0 aliphatic carbocycles. The highest BCUT2D eigenvalue weighted by Gasteiger charge is 2.39. The first-order valence-corrected chi connectivity index (χ1v) is 8.75. The van der Waals surface area contributed by atoms with Crippen molar-refractivity contribution in [2.45, 2.75) is 57.7 Å². The Labute approximate surface area is 104 Å². The second kappa shape index (κ2) is 7.44. The molecule has 6 heteroatoms. The van der Waals surface area contributed by atoms with Crippen molar-refractivity contribution in [2.24, 2.45) is 0 Å². The number of rotatable bonds is 9. The van der Waals surface area contributed by atoms with Gasteiger partial charge in [0.1, 0.15) is 0 Å². The number of aliphatic carboxylic acids is 2. The number of hydrogen-bond donors (Lipinski definition) is 2. The van der Waals surface area contributed by atoms with Gasteiger partial charge in [0.25, 0.3) is 0 Å². The van der Waals surface area contributed by atoms with E-state index in [9.17, 15) is 14.7 Å². The first kappa shape index (κ1) is 16.1. The van der Waals surface area contributed by atoms with Crippen molar-refractivity contribution in [1.82, 2.24) is 0 Å².